The van der Waals surface area contributed by atoms with E-state index in [-0.39, 0.29) is 4.90 Å². The molecular formula is C13H13NO4S2. The third-order valence-electron chi connectivity index (χ3n) is 2.65. The minimum atomic E-state index is -3.88. The van der Waals surface area contributed by atoms with Crippen LogP contribution < -0.4 is 4.72 Å². The van der Waals surface area contributed by atoms with Gasteiger partial charge in [0.25, 0.3) is 0 Å². The lowest BCUT2D eigenvalue weighted by atomic mass is 10.2. The highest BCUT2D eigenvalue weighted by molar-refractivity contribution is 7.89. The van der Waals surface area contributed by atoms with E-state index < -0.39 is 22.0 Å². The summed E-state index contributed by atoms with van der Waals surface area (Å²) in [5, 5.41) is 10.9. The molecule has 0 aliphatic heterocycles. The van der Waals surface area contributed by atoms with Crippen molar-refractivity contribution in [2.24, 2.45) is 0 Å². The van der Waals surface area contributed by atoms with Crippen LogP contribution in [0.2, 0.25) is 0 Å². The number of carboxylic acids is 1. The van der Waals surface area contributed by atoms with E-state index in [0.717, 1.165) is 5.56 Å². The van der Waals surface area contributed by atoms with Crippen LogP contribution in [0.15, 0.2) is 46.7 Å². The van der Waals surface area contributed by atoms with Crippen LogP contribution >= 0.6 is 11.3 Å². The number of carboxylic acid groups (broad SMARTS) is 1. The fourth-order valence-corrected chi connectivity index (χ4v) is 3.81. The van der Waals surface area contributed by atoms with Crippen LogP contribution in [0.5, 0.6) is 0 Å². The van der Waals surface area contributed by atoms with E-state index in [1.807, 2.05) is 0 Å². The van der Waals surface area contributed by atoms with Gasteiger partial charge >= 0.3 is 5.97 Å². The minimum Gasteiger partial charge on any atom is -0.480 e. The van der Waals surface area contributed by atoms with Crippen LogP contribution in [0.1, 0.15) is 16.5 Å². The molecule has 0 aliphatic rings. The van der Waals surface area contributed by atoms with Gasteiger partial charge in [-0.05, 0) is 36.1 Å². The van der Waals surface area contributed by atoms with Crippen LogP contribution in [0.3, 0.4) is 0 Å². The van der Waals surface area contributed by atoms with Crippen molar-refractivity contribution in [1.82, 2.24) is 4.72 Å². The first kappa shape index (κ1) is 14.7. The Bertz CT molecular complexity index is 708. The molecule has 0 bridgehead atoms. The summed E-state index contributed by atoms with van der Waals surface area (Å²) in [6.45, 7) is 1.77. The van der Waals surface area contributed by atoms with E-state index in [9.17, 15) is 18.3 Å². The Balaban J connectivity index is 2.33. The molecule has 0 fully saturated rings. The predicted molar refractivity (Wildman–Crippen MR) is 76.2 cm³/mol. The Morgan fingerprint density at radius 3 is 2.60 bits per heavy atom. The number of aliphatic carboxylic acids is 1. The van der Waals surface area contributed by atoms with Gasteiger partial charge in [-0.2, -0.15) is 4.72 Å². The molecule has 5 nitrogen and oxygen atoms in total. The fraction of sp³-hybridized carbons (Fsp3) is 0.154. The number of carbonyl (C=O) groups is 1. The van der Waals surface area contributed by atoms with Crippen molar-refractivity contribution in [3.05, 3.63) is 52.2 Å². The molecule has 0 aliphatic carbocycles. The van der Waals surface area contributed by atoms with Crippen molar-refractivity contribution in [2.45, 2.75) is 17.9 Å². The lowest BCUT2D eigenvalue weighted by Crippen LogP contribution is -2.33. The van der Waals surface area contributed by atoms with Gasteiger partial charge in [-0.15, -0.1) is 11.3 Å². The normalized spacial score (nSPS) is 13.1. The first-order chi connectivity index (χ1) is 9.40. The summed E-state index contributed by atoms with van der Waals surface area (Å²) in [5.74, 6) is -1.23. The minimum absolute atomic E-state index is 0.0558. The van der Waals surface area contributed by atoms with E-state index in [1.54, 1.807) is 36.6 Å². The van der Waals surface area contributed by atoms with E-state index in [2.05, 4.69) is 4.72 Å². The number of hydrogen-bond acceptors (Lipinski definition) is 4. The average Bonchev–Trinajstić information content (AvgIpc) is 2.89. The SMILES string of the molecule is Cc1cccc(S(=O)(=O)NC(C(=O)O)c2cccs2)c1. The topological polar surface area (TPSA) is 83.5 Å². The van der Waals surface area contributed by atoms with Crippen LogP contribution in [-0.2, 0) is 14.8 Å². The largest absolute Gasteiger partial charge is 0.480 e. The second-order valence-corrected chi connectivity index (χ2v) is 6.92. The van der Waals surface area contributed by atoms with E-state index in [1.165, 1.54) is 23.5 Å². The molecule has 1 unspecified atom stereocenters. The first-order valence-electron chi connectivity index (χ1n) is 5.75. The summed E-state index contributed by atoms with van der Waals surface area (Å²) in [6, 6.07) is 8.30. The first-order valence-corrected chi connectivity index (χ1v) is 8.11. The molecule has 1 atom stereocenters. The highest BCUT2D eigenvalue weighted by atomic mass is 32.2. The molecule has 0 radical (unpaired) electrons. The fourth-order valence-electron chi connectivity index (χ4n) is 1.69. The van der Waals surface area contributed by atoms with Crippen molar-refractivity contribution in [3.8, 4) is 0 Å². The number of rotatable bonds is 5. The van der Waals surface area contributed by atoms with E-state index >= 15 is 0 Å². The Labute approximate surface area is 120 Å². The standard InChI is InChI=1S/C13H13NO4S2/c1-9-4-2-5-10(8-9)20(17,18)14-12(13(15)16)11-6-3-7-19-11/h2-8,12,14H,1H3,(H,15,16). The maximum absolute atomic E-state index is 12.2. The van der Waals surface area contributed by atoms with Crippen molar-refractivity contribution >= 4 is 27.3 Å². The molecule has 106 valence electrons. The molecule has 0 saturated carbocycles. The molecule has 1 aromatic carbocycles. The van der Waals surface area contributed by atoms with Gasteiger partial charge < -0.3 is 5.11 Å². The number of nitrogens with one attached hydrogen (secondary N) is 1. The second-order valence-electron chi connectivity index (χ2n) is 4.22. The predicted octanol–water partition coefficient (Wildman–Crippen LogP) is 2.16. The number of thiophene rings is 1. The van der Waals surface area contributed by atoms with Crippen molar-refractivity contribution < 1.29 is 18.3 Å². The molecular weight excluding hydrogens is 298 g/mol. The number of sulfonamides is 1. The number of hydrogen-bond donors (Lipinski definition) is 2. The van der Waals surface area contributed by atoms with Gasteiger partial charge in [-0.25, -0.2) is 8.42 Å². The second kappa shape index (κ2) is 5.74. The van der Waals surface area contributed by atoms with E-state index in [0.29, 0.717) is 4.88 Å². The van der Waals surface area contributed by atoms with Gasteiger partial charge in [0.15, 0.2) is 6.04 Å². The molecule has 1 aromatic heterocycles. The monoisotopic (exact) mass is 311 g/mol. The molecule has 1 heterocycles. The zero-order valence-corrected chi connectivity index (χ0v) is 12.2. The molecule has 0 saturated heterocycles. The van der Waals surface area contributed by atoms with Crippen LogP contribution in [0.25, 0.3) is 0 Å². The maximum Gasteiger partial charge on any atom is 0.327 e. The van der Waals surface area contributed by atoms with Crippen LogP contribution in [0.4, 0.5) is 0 Å². The molecule has 20 heavy (non-hydrogen) atoms. The van der Waals surface area contributed by atoms with Crippen LogP contribution in [-0.4, -0.2) is 19.5 Å². The van der Waals surface area contributed by atoms with Gasteiger partial charge in [-0.3, -0.25) is 4.79 Å². The number of benzene rings is 1. The smallest absolute Gasteiger partial charge is 0.327 e. The van der Waals surface area contributed by atoms with Crippen molar-refractivity contribution in [3.63, 3.8) is 0 Å². The average molecular weight is 311 g/mol. The summed E-state index contributed by atoms with van der Waals surface area (Å²) in [6.07, 6.45) is 0. The number of aryl methyl sites for hydroxylation is 1. The maximum atomic E-state index is 12.2. The summed E-state index contributed by atoms with van der Waals surface area (Å²) < 4.78 is 26.7. The summed E-state index contributed by atoms with van der Waals surface area (Å²) in [4.78, 5) is 11.7. The molecule has 2 aromatic rings. The zero-order chi connectivity index (χ0) is 14.8. The summed E-state index contributed by atoms with van der Waals surface area (Å²) in [5.41, 5.74) is 0.788. The summed E-state index contributed by atoms with van der Waals surface area (Å²) >= 11 is 1.19. The third kappa shape index (κ3) is 3.24. The van der Waals surface area contributed by atoms with Crippen molar-refractivity contribution in [1.29, 1.82) is 0 Å². The quantitative estimate of drug-likeness (QED) is 0.886. The Morgan fingerprint density at radius 1 is 1.30 bits per heavy atom. The molecule has 2 rings (SSSR count). The molecule has 7 heteroatoms. The Hall–Kier alpha value is -1.70. The van der Waals surface area contributed by atoms with Gasteiger partial charge in [0.1, 0.15) is 0 Å². The van der Waals surface area contributed by atoms with E-state index in [4.69, 9.17) is 0 Å². The molecule has 2 N–H and O–H groups in total. The zero-order valence-electron chi connectivity index (χ0n) is 10.6. The van der Waals surface area contributed by atoms with Gasteiger partial charge in [-0.1, -0.05) is 18.2 Å². The van der Waals surface area contributed by atoms with Gasteiger partial charge in [0.05, 0.1) is 4.90 Å². The van der Waals surface area contributed by atoms with Crippen LogP contribution in [0, 0.1) is 6.92 Å². The highest BCUT2D eigenvalue weighted by Gasteiger charge is 2.27. The molecule has 0 spiro atoms. The lowest BCUT2D eigenvalue weighted by Gasteiger charge is -2.13. The highest BCUT2D eigenvalue weighted by Crippen LogP contribution is 2.22. The summed E-state index contributed by atoms with van der Waals surface area (Å²) in [7, 11) is -3.88. The van der Waals surface area contributed by atoms with Gasteiger partial charge in [0, 0.05) is 4.88 Å². The Kier molecular flexibility index (Phi) is 4.22. The van der Waals surface area contributed by atoms with Crippen molar-refractivity contribution in [2.75, 3.05) is 0 Å². The molecule has 0 amide bonds. The van der Waals surface area contributed by atoms with Gasteiger partial charge in [0.2, 0.25) is 10.0 Å². The lowest BCUT2D eigenvalue weighted by molar-refractivity contribution is -0.139. The Morgan fingerprint density at radius 2 is 2.05 bits per heavy atom. The third-order valence-corrected chi connectivity index (χ3v) is 5.01.